The Hall–Kier alpha value is -1.51. The van der Waals surface area contributed by atoms with E-state index < -0.39 is 5.38 Å². The summed E-state index contributed by atoms with van der Waals surface area (Å²) in [7, 11) is 1.58. The fraction of sp³-hybridized carbons (Fsp3) is 0.133. The number of benzene rings is 2. The van der Waals surface area contributed by atoms with Gasteiger partial charge in [-0.25, -0.2) is 0 Å². The Labute approximate surface area is 121 Å². The second-order valence-corrected chi connectivity index (χ2v) is 4.88. The number of methoxy groups -OCH3 is 1. The summed E-state index contributed by atoms with van der Waals surface area (Å²) in [6.07, 6.45) is 0. The molecule has 0 amide bonds. The topological polar surface area (TPSA) is 26.3 Å². The van der Waals surface area contributed by atoms with Crippen LogP contribution in [0.25, 0.3) is 0 Å². The quantitative estimate of drug-likeness (QED) is 0.612. The first-order valence-corrected chi connectivity index (χ1v) is 6.51. The number of hydrogen-bond acceptors (Lipinski definition) is 2. The average molecular weight is 295 g/mol. The molecule has 98 valence electrons. The predicted molar refractivity (Wildman–Crippen MR) is 77.4 cm³/mol. The first-order valence-electron chi connectivity index (χ1n) is 5.69. The van der Waals surface area contributed by atoms with Crippen LogP contribution in [0.2, 0.25) is 5.02 Å². The molecule has 0 spiro atoms. The number of carbonyl (C=O) groups is 1. The molecule has 1 unspecified atom stereocenters. The number of Topliss-reactive ketones (excluding diaryl/α,β-unsaturated/α-hetero) is 1. The normalized spacial score (nSPS) is 11.9. The summed E-state index contributed by atoms with van der Waals surface area (Å²) in [6, 6.07) is 13.8. The Bertz CT molecular complexity index is 562. The van der Waals surface area contributed by atoms with Gasteiger partial charge in [0.15, 0.2) is 5.78 Å². The van der Waals surface area contributed by atoms with Crippen molar-refractivity contribution in [2.24, 2.45) is 0 Å². The third kappa shape index (κ3) is 3.28. The number of carbonyl (C=O) groups excluding carboxylic acids is 1. The molecule has 0 aliphatic carbocycles. The molecule has 0 N–H and O–H groups in total. The smallest absolute Gasteiger partial charge is 0.185 e. The van der Waals surface area contributed by atoms with Crippen molar-refractivity contribution in [1.82, 2.24) is 0 Å². The molecule has 0 aromatic heterocycles. The number of rotatable bonds is 4. The molecule has 0 aliphatic heterocycles. The highest BCUT2D eigenvalue weighted by Gasteiger charge is 2.19. The Balaban J connectivity index is 2.20. The minimum Gasteiger partial charge on any atom is -0.497 e. The van der Waals surface area contributed by atoms with Crippen LogP contribution in [0.3, 0.4) is 0 Å². The van der Waals surface area contributed by atoms with Crippen molar-refractivity contribution in [2.75, 3.05) is 7.11 Å². The molecule has 2 nitrogen and oxygen atoms in total. The zero-order valence-electron chi connectivity index (χ0n) is 10.3. The monoisotopic (exact) mass is 294 g/mol. The van der Waals surface area contributed by atoms with Crippen molar-refractivity contribution in [3.8, 4) is 5.75 Å². The maximum atomic E-state index is 12.2. The summed E-state index contributed by atoms with van der Waals surface area (Å²) < 4.78 is 5.05. The number of hydrogen-bond donors (Lipinski definition) is 0. The fourth-order valence-corrected chi connectivity index (χ4v) is 2.08. The van der Waals surface area contributed by atoms with E-state index in [1.165, 1.54) is 0 Å². The van der Waals surface area contributed by atoms with E-state index in [2.05, 4.69) is 0 Å². The van der Waals surface area contributed by atoms with Crippen molar-refractivity contribution in [3.05, 3.63) is 64.7 Å². The summed E-state index contributed by atoms with van der Waals surface area (Å²) in [6.45, 7) is 0. The van der Waals surface area contributed by atoms with Crippen molar-refractivity contribution >= 4 is 29.0 Å². The molecule has 0 fully saturated rings. The second-order valence-electron chi connectivity index (χ2n) is 4.01. The van der Waals surface area contributed by atoms with E-state index in [4.69, 9.17) is 27.9 Å². The lowest BCUT2D eigenvalue weighted by Gasteiger charge is -2.09. The lowest BCUT2D eigenvalue weighted by atomic mass is 10.0. The highest BCUT2D eigenvalue weighted by atomic mass is 35.5. The fourth-order valence-electron chi connectivity index (χ4n) is 1.68. The molecule has 0 radical (unpaired) electrons. The molecule has 0 saturated heterocycles. The first-order chi connectivity index (χ1) is 9.11. The van der Waals surface area contributed by atoms with Gasteiger partial charge in [0.1, 0.15) is 11.1 Å². The van der Waals surface area contributed by atoms with E-state index in [9.17, 15) is 4.79 Å². The number of ether oxygens (including phenoxy) is 1. The van der Waals surface area contributed by atoms with E-state index in [-0.39, 0.29) is 5.78 Å². The Morgan fingerprint density at radius 2 is 1.63 bits per heavy atom. The lowest BCUT2D eigenvalue weighted by Crippen LogP contribution is -2.07. The molecule has 2 rings (SSSR count). The minimum absolute atomic E-state index is 0.147. The Morgan fingerprint density at radius 1 is 1.05 bits per heavy atom. The zero-order valence-corrected chi connectivity index (χ0v) is 11.8. The Morgan fingerprint density at radius 3 is 2.16 bits per heavy atom. The molecular weight excluding hydrogens is 283 g/mol. The highest BCUT2D eigenvalue weighted by molar-refractivity contribution is 6.34. The lowest BCUT2D eigenvalue weighted by molar-refractivity contribution is 0.0987. The van der Waals surface area contributed by atoms with E-state index >= 15 is 0 Å². The van der Waals surface area contributed by atoms with Gasteiger partial charge >= 0.3 is 0 Å². The van der Waals surface area contributed by atoms with Crippen LogP contribution in [0.4, 0.5) is 0 Å². The van der Waals surface area contributed by atoms with Crippen LogP contribution in [0, 0.1) is 0 Å². The molecule has 2 aromatic carbocycles. The van der Waals surface area contributed by atoms with Gasteiger partial charge in [-0.3, -0.25) is 4.79 Å². The van der Waals surface area contributed by atoms with E-state index in [1.54, 1.807) is 55.6 Å². The third-order valence-electron chi connectivity index (χ3n) is 2.77. The van der Waals surface area contributed by atoms with Crippen LogP contribution in [0.1, 0.15) is 21.3 Å². The average Bonchev–Trinajstić information content (AvgIpc) is 2.46. The van der Waals surface area contributed by atoms with Crippen molar-refractivity contribution < 1.29 is 9.53 Å². The van der Waals surface area contributed by atoms with Crippen LogP contribution < -0.4 is 4.74 Å². The van der Waals surface area contributed by atoms with Crippen LogP contribution in [0.5, 0.6) is 5.75 Å². The van der Waals surface area contributed by atoms with Crippen molar-refractivity contribution in [3.63, 3.8) is 0 Å². The first kappa shape index (κ1) is 13.9. The van der Waals surface area contributed by atoms with Gasteiger partial charge in [-0.1, -0.05) is 23.7 Å². The van der Waals surface area contributed by atoms with Crippen molar-refractivity contribution in [1.29, 1.82) is 0 Å². The molecule has 1 atom stereocenters. The summed E-state index contributed by atoms with van der Waals surface area (Å²) in [5, 5.41) is -0.102. The van der Waals surface area contributed by atoms with E-state index in [0.29, 0.717) is 16.3 Å². The number of ketones is 1. The molecular formula is C15H12Cl2O2. The molecule has 4 heteroatoms. The largest absolute Gasteiger partial charge is 0.497 e. The zero-order chi connectivity index (χ0) is 13.8. The van der Waals surface area contributed by atoms with E-state index in [0.717, 1.165) is 5.56 Å². The van der Waals surface area contributed by atoms with Gasteiger partial charge in [0.2, 0.25) is 0 Å². The van der Waals surface area contributed by atoms with Gasteiger partial charge in [-0.15, -0.1) is 11.6 Å². The summed E-state index contributed by atoms with van der Waals surface area (Å²) in [5.74, 6) is 0.556. The molecule has 0 saturated carbocycles. The van der Waals surface area contributed by atoms with E-state index in [1.807, 2.05) is 0 Å². The highest BCUT2D eigenvalue weighted by Crippen LogP contribution is 2.26. The Kier molecular flexibility index (Phi) is 4.46. The molecule has 0 aliphatic rings. The second kappa shape index (κ2) is 6.09. The molecule has 0 bridgehead atoms. The van der Waals surface area contributed by atoms with Gasteiger partial charge < -0.3 is 4.74 Å². The summed E-state index contributed by atoms with van der Waals surface area (Å²) in [5.41, 5.74) is 1.28. The van der Waals surface area contributed by atoms with Gasteiger partial charge in [-0.2, -0.15) is 0 Å². The van der Waals surface area contributed by atoms with Gasteiger partial charge in [-0.05, 0) is 42.0 Å². The maximum Gasteiger partial charge on any atom is 0.185 e. The standard InChI is InChI=1S/C15H12Cl2O2/c1-19-13-8-4-11(5-9-13)15(18)14(17)10-2-6-12(16)7-3-10/h2-9,14H,1H3. The predicted octanol–water partition coefficient (Wildman–Crippen LogP) is 4.51. The number of alkyl halides is 1. The van der Waals surface area contributed by atoms with Crippen LogP contribution in [-0.4, -0.2) is 12.9 Å². The minimum atomic E-state index is -0.717. The van der Waals surface area contributed by atoms with Gasteiger partial charge in [0, 0.05) is 10.6 Å². The number of halogens is 2. The van der Waals surface area contributed by atoms with Gasteiger partial charge in [0.05, 0.1) is 7.11 Å². The SMILES string of the molecule is COc1ccc(C(=O)C(Cl)c2ccc(Cl)cc2)cc1. The summed E-state index contributed by atoms with van der Waals surface area (Å²) >= 11 is 12.0. The van der Waals surface area contributed by atoms with Gasteiger partial charge in [0.25, 0.3) is 0 Å². The molecule has 0 heterocycles. The van der Waals surface area contributed by atoms with Crippen LogP contribution in [-0.2, 0) is 0 Å². The third-order valence-corrected chi connectivity index (χ3v) is 3.47. The molecule has 19 heavy (non-hydrogen) atoms. The molecule has 2 aromatic rings. The van der Waals surface area contributed by atoms with Crippen LogP contribution >= 0.6 is 23.2 Å². The summed E-state index contributed by atoms with van der Waals surface area (Å²) in [4.78, 5) is 12.2. The maximum absolute atomic E-state index is 12.2. The van der Waals surface area contributed by atoms with Crippen LogP contribution in [0.15, 0.2) is 48.5 Å². The van der Waals surface area contributed by atoms with Crippen molar-refractivity contribution in [2.45, 2.75) is 5.38 Å².